The third kappa shape index (κ3) is 2.90. The summed E-state index contributed by atoms with van der Waals surface area (Å²) in [5.74, 6) is 0.341. The summed E-state index contributed by atoms with van der Waals surface area (Å²) in [6.07, 6.45) is 0. The van der Waals surface area contributed by atoms with Crippen LogP contribution in [-0.2, 0) is 0 Å². The molecule has 0 aliphatic carbocycles. The fourth-order valence-corrected chi connectivity index (χ4v) is 5.04. The van der Waals surface area contributed by atoms with E-state index in [0.29, 0.717) is 15.0 Å². The zero-order valence-corrected chi connectivity index (χ0v) is 16.3. The highest BCUT2D eigenvalue weighted by Crippen LogP contribution is 2.30. The monoisotopic (exact) mass is 409 g/mol. The summed E-state index contributed by atoms with van der Waals surface area (Å²) in [7, 11) is 0. The summed E-state index contributed by atoms with van der Waals surface area (Å²) in [6.45, 7) is 0. The van der Waals surface area contributed by atoms with Gasteiger partial charge in [-0.05, 0) is 36.4 Å². The van der Waals surface area contributed by atoms with Crippen molar-refractivity contribution in [2.75, 3.05) is 5.75 Å². The maximum atomic E-state index is 12.5. The molecule has 0 amide bonds. The van der Waals surface area contributed by atoms with Crippen molar-refractivity contribution < 1.29 is 4.79 Å². The lowest BCUT2D eigenvalue weighted by atomic mass is 10.2. The second kappa shape index (κ2) is 6.64. The smallest absolute Gasteiger partial charge is 0.183 e. The van der Waals surface area contributed by atoms with Crippen molar-refractivity contribution in [2.24, 2.45) is 0 Å². The number of fused-ring (bicyclic) bond motifs is 5. The molecule has 3 aromatic heterocycles. The van der Waals surface area contributed by atoms with Gasteiger partial charge >= 0.3 is 0 Å². The molecule has 0 aliphatic heterocycles. The number of carbonyl (C=O) groups excluding carboxylic acids is 1. The number of rotatable bonds is 4. The van der Waals surface area contributed by atoms with E-state index in [9.17, 15) is 4.79 Å². The Morgan fingerprint density at radius 2 is 1.78 bits per heavy atom. The zero-order chi connectivity index (χ0) is 18.4. The number of benzene rings is 2. The molecule has 27 heavy (non-hydrogen) atoms. The predicted molar refractivity (Wildman–Crippen MR) is 112 cm³/mol. The Hall–Kier alpha value is -2.41. The molecule has 2 aromatic carbocycles. The molecule has 0 aliphatic rings. The maximum absolute atomic E-state index is 12.5. The van der Waals surface area contributed by atoms with E-state index >= 15 is 0 Å². The van der Waals surface area contributed by atoms with E-state index in [4.69, 9.17) is 21.6 Å². The first-order chi connectivity index (χ1) is 13.2. The average Bonchev–Trinajstić information content (AvgIpc) is 3.30. The van der Waals surface area contributed by atoms with Gasteiger partial charge in [-0.1, -0.05) is 47.6 Å². The Kier molecular flexibility index (Phi) is 4.11. The molecule has 7 heteroatoms. The van der Waals surface area contributed by atoms with Crippen LogP contribution in [0.2, 0.25) is 4.34 Å². The molecular weight excluding hydrogens is 398 g/mol. The SMILES string of the molecule is O=C(CSc1nc2ccccc2c2nc3ccccc3n12)c1ccc(Cl)s1. The van der Waals surface area contributed by atoms with Gasteiger partial charge in [0, 0.05) is 5.39 Å². The number of Topliss-reactive ketones (excluding diaryl/α,β-unsaturated/α-hetero) is 1. The fourth-order valence-electron chi connectivity index (χ4n) is 3.08. The lowest BCUT2D eigenvalue weighted by Gasteiger charge is -2.07. The van der Waals surface area contributed by atoms with Gasteiger partial charge in [-0.15, -0.1) is 11.3 Å². The third-order valence-electron chi connectivity index (χ3n) is 4.29. The van der Waals surface area contributed by atoms with E-state index in [-0.39, 0.29) is 5.78 Å². The number of hydrogen-bond donors (Lipinski definition) is 0. The van der Waals surface area contributed by atoms with Crippen molar-refractivity contribution in [3.63, 3.8) is 0 Å². The van der Waals surface area contributed by atoms with Crippen molar-refractivity contribution in [3.05, 3.63) is 69.9 Å². The van der Waals surface area contributed by atoms with E-state index in [1.165, 1.54) is 23.1 Å². The minimum atomic E-state index is 0.0458. The van der Waals surface area contributed by atoms with Crippen LogP contribution in [0.5, 0.6) is 0 Å². The Morgan fingerprint density at radius 1 is 1.00 bits per heavy atom. The molecule has 0 unspecified atom stereocenters. The van der Waals surface area contributed by atoms with Crippen molar-refractivity contribution in [3.8, 4) is 0 Å². The molecule has 5 rings (SSSR count). The van der Waals surface area contributed by atoms with E-state index in [1.807, 2.05) is 52.9 Å². The van der Waals surface area contributed by atoms with Gasteiger partial charge in [-0.25, -0.2) is 9.97 Å². The van der Waals surface area contributed by atoms with Gasteiger partial charge in [0.1, 0.15) is 5.65 Å². The molecule has 0 radical (unpaired) electrons. The summed E-state index contributed by atoms with van der Waals surface area (Å²) >= 11 is 8.68. The van der Waals surface area contributed by atoms with Crippen LogP contribution in [0.3, 0.4) is 0 Å². The van der Waals surface area contributed by atoms with Crippen LogP contribution in [0.25, 0.3) is 27.6 Å². The predicted octanol–water partition coefficient (Wildman–Crippen LogP) is 5.73. The second-order valence-corrected chi connectivity index (χ2v) is 8.64. The number of aromatic nitrogens is 3. The number of imidazole rings is 1. The summed E-state index contributed by atoms with van der Waals surface area (Å²) in [5, 5.41) is 1.75. The number of nitrogens with zero attached hydrogens (tertiary/aromatic N) is 3. The topological polar surface area (TPSA) is 47.3 Å². The largest absolute Gasteiger partial charge is 0.292 e. The normalized spacial score (nSPS) is 11.6. The van der Waals surface area contributed by atoms with Crippen LogP contribution in [0, 0.1) is 0 Å². The molecule has 0 spiro atoms. The molecule has 0 fully saturated rings. The number of carbonyl (C=O) groups is 1. The Balaban J connectivity index is 1.64. The van der Waals surface area contributed by atoms with Gasteiger partial charge in [0.2, 0.25) is 0 Å². The van der Waals surface area contributed by atoms with Crippen LogP contribution in [0.15, 0.2) is 65.8 Å². The van der Waals surface area contributed by atoms with Crippen molar-refractivity contribution >= 4 is 68.1 Å². The molecule has 5 aromatic rings. The van der Waals surface area contributed by atoms with E-state index < -0.39 is 0 Å². The third-order valence-corrected chi connectivity index (χ3v) is 6.50. The summed E-state index contributed by atoms with van der Waals surface area (Å²) in [5.41, 5.74) is 3.62. The number of para-hydroxylation sites is 3. The second-order valence-electron chi connectivity index (χ2n) is 5.99. The quantitative estimate of drug-likeness (QED) is 0.216. The summed E-state index contributed by atoms with van der Waals surface area (Å²) < 4.78 is 2.66. The maximum Gasteiger partial charge on any atom is 0.183 e. The highest BCUT2D eigenvalue weighted by atomic mass is 35.5. The molecule has 0 N–H and O–H groups in total. The highest BCUT2D eigenvalue weighted by molar-refractivity contribution is 7.99. The van der Waals surface area contributed by atoms with Gasteiger partial charge in [-0.3, -0.25) is 9.20 Å². The first-order valence-electron chi connectivity index (χ1n) is 8.28. The van der Waals surface area contributed by atoms with Gasteiger partial charge in [0.25, 0.3) is 0 Å². The molecule has 3 heterocycles. The number of thiophene rings is 1. The molecule has 4 nitrogen and oxygen atoms in total. The standard InChI is InChI=1S/C20H12ClN3OS2/c21-18-10-9-17(27-18)16(25)11-26-20-23-13-6-2-1-5-12(13)19-22-14-7-3-4-8-15(14)24(19)20/h1-10H,11H2. The molecule has 132 valence electrons. The molecular formula is C20H12ClN3OS2. The van der Waals surface area contributed by atoms with Crippen LogP contribution < -0.4 is 0 Å². The molecule has 0 saturated carbocycles. The Bertz CT molecular complexity index is 1330. The van der Waals surface area contributed by atoms with Crippen LogP contribution in [-0.4, -0.2) is 25.9 Å². The highest BCUT2D eigenvalue weighted by Gasteiger charge is 2.16. The van der Waals surface area contributed by atoms with Crippen LogP contribution in [0.1, 0.15) is 9.67 Å². The summed E-state index contributed by atoms with van der Waals surface area (Å²) in [4.78, 5) is 22.8. The van der Waals surface area contributed by atoms with Crippen molar-refractivity contribution in [2.45, 2.75) is 5.16 Å². The number of hydrogen-bond acceptors (Lipinski definition) is 5. The average molecular weight is 410 g/mol. The van der Waals surface area contributed by atoms with E-state index in [0.717, 1.165) is 32.7 Å². The summed E-state index contributed by atoms with van der Waals surface area (Å²) in [6, 6.07) is 19.4. The number of ketones is 1. The Morgan fingerprint density at radius 3 is 2.59 bits per heavy atom. The van der Waals surface area contributed by atoms with Gasteiger partial charge in [-0.2, -0.15) is 0 Å². The minimum absolute atomic E-state index is 0.0458. The molecule has 0 saturated heterocycles. The number of thioether (sulfide) groups is 1. The van der Waals surface area contributed by atoms with E-state index in [1.54, 1.807) is 12.1 Å². The van der Waals surface area contributed by atoms with Crippen molar-refractivity contribution in [1.29, 1.82) is 0 Å². The van der Waals surface area contributed by atoms with Gasteiger partial charge in [0.05, 0.1) is 31.5 Å². The lowest BCUT2D eigenvalue weighted by molar-refractivity contribution is 0.102. The van der Waals surface area contributed by atoms with Gasteiger partial charge < -0.3 is 0 Å². The Labute approximate surface area is 167 Å². The number of halogens is 1. The minimum Gasteiger partial charge on any atom is -0.292 e. The first kappa shape index (κ1) is 16.7. The van der Waals surface area contributed by atoms with Crippen molar-refractivity contribution in [1.82, 2.24) is 14.4 Å². The van der Waals surface area contributed by atoms with Crippen LogP contribution in [0.4, 0.5) is 0 Å². The van der Waals surface area contributed by atoms with Crippen LogP contribution >= 0.6 is 34.7 Å². The van der Waals surface area contributed by atoms with E-state index in [2.05, 4.69) is 0 Å². The molecule has 0 atom stereocenters. The molecule has 0 bridgehead atoms. The lowest BCUT2D eigenvalue weighted by Crippen LogP contribution is -2.03. The first-order valence-corrected chi connectivity index (χ1v) is 10.5. The fraction of sp³-hybridized carbons (Fsp3) is 0.0500. The van der Waals surface area contributed by atoms with Gasteiger partial charge in [0.15, 0.2) is 10.9 Å². The zero-order valence-electron chi connectivity index (χ0n) is 13.9.